The fraction of sp³-hybridized carbons (Fsp3) is 0.138. The van der Waals surface area contributed by atoms with E-state index >= 15 is 0 Å². The Labute approximate surface area is 211 Å². The van der Waals surface area contributed by atoms with Crippen molar-refractivity contribution in [3.8, 4) is 0 Å². The first-order valence-electron chi connectivity index (χ1n) is 11.4. The Balaban J connectivity index is 1.72. The number of hydrazone groups is 1. The third kappa shape index (κ3) is 4.49. The van der Waals surface area contributed by atoms with Gasteiger partial charge in [-0.3, -0.25) is 0 Å². The fourth-order valence-corrected chi connectivity index (χ4v) is 6.31. The van der Waals surface area contributed by atoms with Gasteiger partial charge in [-0.2, -0.15) is 17.9 Å². The number of aryl methyl sites for hydroxylation is 1. The highest BCUT2D eigenvalue weighted by Crippen LogP contribution is 2.45. The summed E-state index contributed by atoms with van der Waals surface area (Å²) in [5.41, 5.74) is 3.55. The molecule has 1 heterocycles. The molecule has 0 aromatic heterocycles. The minimum absolute atomic E-state index is 0.220. The van der Waals surface area contributed by atoms with E-state index in [-0.39, 0.29) is 4.90 Å². The summed E-state index contributed by atoms with van der Waals surface area (Å²) in [5.74, 6) is 0. The van der Waals surface area contributed by atoms with Gasteiger partial charge in [-0.25, -0.2) is 0 Å². The van der Waals surface area contributed by atoms with Crippen LogP contribution in [-0.4, -0.2) is 18.5 Å². The molecule has 1 atom stereocenters. The monoisotopic (exact) mass is 500 g/mol. The van der Waals surface area contributed by atoms with Gasteiger partial charge < -0.3 is 0 Å². The summed E-state index contributed by atoms with van der Waals surface area (Å²) in [4.78, 5) is 0.220. The average Bonchev–Trinajstić information content (AvgIpc) is 3.27. The lowest BCUT2D eigenvalue weighted by atomic mass is 9.80. The molecule has 0 radical (unpaired) electrons. The summed E-state index contributed by atoms with van der Waals surface area (Å²) < 4.78 is 29.7. The van der Waals surface area contributed by atoms with E-state index in [9.17, 15) is 8.42 Å². The van der Waals surface area contributed by atoms with Crippen molar-refractivity contribution in [3.05, 3.63) is 136 Å². The van der Waals surface area contributed by atoms with E-state index in [1.807, 2.05) is 91.9 Å². The van der Waals surface area contributed by atoms with Gasteiger partial charge in [0.15, 0.2) is 0 Å². The third-order valence-electron chi connectivity index (χ3n) is 6.41. The van der Waals surface area contributed by atoms with Crippen LogP contribution in [0.2, 0.25) is 5.02 Å². The zero-order valence-electron chi connectivity index (χ0n) is 19.3. The molecule has 4 aromatic rings. The van der Waals surface area contributed by atoms with E-state index in [1.165, 1.54) is 4.41 Å². The van der Waals surface area contributed by atoms with Crippen LogP contribution in [0.3, 0.4) is 0 Å². The van der Waals surface area contributed by atoms with Crippen LogP contribution in [0.5, 0.6) is 0 Å². The Morgan fingerprint density at radius 2 is 1.43 bits per heavy atom. The van der Waals surface area contributed by atoms with Crippen molar-refractivity contribution < 1.29 is 8.42 Å². The maximum Gasteiger partial charge on any atom is 0.279 e. The predicted octanol–water partition coefficient (Wildman–Crippen LogP) is 6.59. The van der Waals surface area contributed by atoms with Crippen LogP contribution in [-0.2, 0) is 22.0 Å². The van der Waals surface area contributed by atoms with Crippen LogP contribution in [0, 0.1) is 6.92 Å². The van der Waals surface area contributed by atoms with Crippen molar-refractivity contribution in [2.75, 3.05) is 0 Å². The minimum Gasteiger partial charge on any atom is -0.200 e. The first-order valence-corrected chi connectivity index (χ1v) is 13.3. The second-order valence-corrected chi connectivity index (χ2v) is 11.1. The van der Waals surface area contributed by atoms with Crippen molar-refractivity contribution in [2.24, 2.45) is 5.10 Å². The van der Waals surface area contributed by atoms with Crippen LogP contribution >= 0.6 is 11.6 Å². The molecule has 1 aliphatic heterocycles. The lowest BCUT2D eigenvalue weighted by molar-refractivity contribution is 0.221. The number of benzene rings is 4. The summed E-state index contributed by atoms with van der Waals surface area (Å²) in [6, 6.07) is 34.1. The van der Waals surface area contributed by atoms with Crippen LogP contribution in [0.4, 0.5) is 0 Å². The molecule has 5 rings (SSSR count). The van der Waals surface area contributed by atoms with Gasteiger partial charge in [0, 0.05) is 17.9 Å². The third-order valence-corrected chi connectivity index (χ3v) is 8.42. The van der Waals surface area contributed by atoms with Crippen molar-refractivity contribution in [1.29, 1.82) is 0 Å². The average molecular weight is 501 g/mol. The van der Waals surface area contributed by atoms with Crippen LogP contribution in [0.15, 0.2) is 119 Å². The minimum atomic E-state index is -3.96. The van der Waals surface area contributed by atoms with Crippen molar-refractivity contribution >= 4 is 27.3 Å². The zero-order chi connectivity index (χ0) is 24.5. The SMILES string of the molecule is Cc1ccc(S(=O)(=O)N2N=C(c3ccc(Cl)cc3)CC2(Cc2ccccc2)c2ccccc2)cc1. The number of nitrogens with zero attached hydrogens (tertiary/aromatic N) is 2. The molecular formula is C29H25ClN2O2S. The molecule has 0 fully saturated rings. The number of halogens is 1. The molecule has 0 N–H and O–H groups in total. The molecular weight excluding hydrogens is 476 g/mol. The summed E-state index contributed by atoms with van der Waals surface area (Å²) in [5, 5.41) is 5.42. The molecule has 0 amide bonds. The normalized spacial score (nSPS) is 17.9. The Morgan fingerprint density at radius 3 is 2.06 bits per heavy atom. The molecule has 0 saturated carbocycles. The Kier molecular flexibility index (Phi) is 6.22. The predicted molar refractivity (Wildman–Crippen MR) is 141 cm³/mol. The topological polar surface area (TPSA) is 49.7 Å². The molecule has 176 valence electrons. The Morgan fingerprint density at radius 1 is 0.829 bits per heavy atom. The Bertz CT molecular complexity index is 1450. The van der Waals surface area contributed by atoms with E-state index in [2.05, 4.69) is 0 Å². The molecule has 0 aliphatic carbocycles. The van der Waals surface area contributed by atoms with E-state index in [0.29, 0.717) is 23.6 Å². The summed E-state index contributed by atoms with van der Waals surface area (Å²) in [6.45, 7) is 1.94. The second-order valence-electron chi connectivity index (χ2n) is 8.85. The maximum atomic E-state index is 14.2. The van der Waals surface area contributed by atoms with Gasteiger partial charge in [0.25, 0.3) is 10.0 Å². The van der Waals surface area contributed by atoms with Gasteiger partial charge in [-0.15, -0.1) is 0 Å². The first-order chi connectivity index (χ1) is 16.9. The van der Waals surface area contributed by atoms with E-state index in [4.69, 9.17) is 16.7 Å². The van der Waals surface area contributed by atoms with Crippen LogP contribution in [0.25, 0.3) is 0 Å². The highest BCUT2D eigenvalue weighted by Gasteiger charge is 2.50. The number of rotatable bonds is 6. The molecule has 6 heteroatoms. The van der Waals surface area contributed by atoms with Crippen LogP contribution < -0.4 is 0 Å². The molecule has 1 unspecified atom stereocenters. The molecule has 4 aromatic carbocycles. The van der Waals surface area contributed by atoms with Gasteiger partial charge in [-0.05, 0) is 47.9 Å². The lowest BCUT2D eigenvalue weighted by Gasteiger charge is -2.37. The van der Waals surface area contributed by atoms with Crippen molar-refractivity contribution in [2.45, 2.75) is 30.2 Å². The summed E-state index contributed by atoms with van der Waals surface area (Å²) in [6.07, 6.45) is 0.905. The number of sulfonamides is 1. The highest BCUT2D eigenvalue weighted by atomic mass is 35.5. The van der Waals surface area contributed by atoms with E-state index in [0.717, 1.165) is 22.3 Å². The molecule has 35 heavy (non-hydrogen) atoms. The maximum absolute atomic E-state index is 14.2. The molecule has 0 bridgehead atoms. The van der Waals surface area contributed by atoms with E-state index in [1.54, 1.807) is 24.3 Å². The van der Waals surface area contributed by atoms with Gasteiger partial charge in [0.1, 0.15) is 5.54 Å². The van der Waals surface area contributed by atoms with Gasteiger partial charge >= 0.3 is 0 Å². The van der Waals surface area contributed by atoms with Gasteiger partial charge in [0.05, 0.1) is 10.6 Å². The largest absolute Gasteiger partial charge is 0.279 e. The molecule has 0 saturated heterocycles. The lowest BCUT2D eigenvalue weighted by Crippen LogP contribution is -2.45. The van der Waals surface area contributed by atoms with Crippen molar-refractivity contribution in [1.82, 2.24) is 4.41 Å². The first kappa shape index (κ1) is 23.3. The zero-order valence-corrected chi connectivity index (χ0v) is 20.9. The quantitative estimate of drug-likeness (QED) is 0.300. The molecule has 0 spiro atoms. The molecule has 4 nitrogen and oxygen atoms in total. The standard InChI is InChI=1S/C29H25ClN2O2S/c1-22-12-18-27(19-13-22)35(33,34)32-29(25-10-6-3-7-11-25,20-23-8-4-2-5-9-23)21-28(31-32)24-14-16-26(30)17-15-24/h2-19H,20-21H2,1H3. The second kappa shape index (κ2) is 9.33. The van der Waals surface area contributed by atoms with Gasteiger partial charge in [-0.1, -0.05) is 102 Å². The smallest absolute Gasteiger partial charge is 0.200 e. The highest BCUT2D eigenvalue weighted by molar-refractivity contribution is 7.89. The Hall–Kier alpha value is -3.41. The summed E-state index contributed by atoms with van der Waals surface area (Å²) >= 11 is 6.13. The summed E-state index contributed by atoms with van der Waals surface area (Å²) in [7, 11) is -3.96. The van der Waals surface area contributed by atoms with Crippen molar-refractivity contribution in [3.63, 3.8) is 0 Å². The fourth-order valence-electron chi connectivity index (χ4n) is 4.61. The number of hydrogen-bond acceptors (Lipinski definition) is 3. The number of hydrogen-bond donors (Lipinski definition) is 0. The van der Waals surface area contributed by atoms with Crippen LogP contribution in [0.1, 0.15) is 28.7 Å². The van der Waals surface area contributed by atoms with Gasteiger partial charge in [0.2, 0.25) is 0 Å². The van der Waals surface area contributed by atoms with E-state index < -0.39 is 15.6 Å². The molecule has 1 aliphatic rings.